The van der Waals surface area contributed by atoms with E-state index in [9.17, 15) is 19.2 Å². The largest absolute Gasteiger partial charge is 0.355 e. The van der Waals surface area contributed by atoms with E-state index in [2.05, 4.69) is 31.1 Å². The topological polar surface area (TPSA) is 227 Å². The van der Waals surface area contributed by atoms with Crippen LogP contribution in [0.4, 0.5) is 0 Å². The Hall–Kier alpha value is -2.36. The van der Waals surface area contributed by atoms with Crippen molar-refractivity contribution < 1.29 is 19.2 Å². The Morgan fingerprint density at radius 2 is 0.650 bits per heavy atom. The molecule has 0 radical (unpaired) electrons. The highest BCUT2D eigenvalue weighted by Gasteiger charge is 2.12. The number of carbonyl (C=O) groups excluding carboxylic acids is 4. The summed E-state index contributed by atoms with van der Waals surface area (Å²) in [5.74, 6) is -0.179. The van der Waals surface area contributed by atoms with Crippen LogP contribution in [0, 0.1) is 0 Å². The molecule has 0 unspecified atom stereocenters. The van der Waals surface area contributed by atoms with Gasteiger partial charge in [-0.25, -0.2) is 0 Å². The van der Waals surface area contributed by atoms with Crippen molar-refractivity contribution in [1.29, 1.82) is 0 Å². The molecule has 40 heavy (non-hydrogen) atoms. The summed E-state index contributed by atoms with van der Waals surface area (Å²) in [5.41, 5.74) is 21.8. The summed E-state index contributed by atoms with van der Waals surface area (Å²) < 4.78 is 0. The van der Waals surface area contributed by atoms with Crippen LogP contribution in [0.3, 0.4) is 0 Å². The van der Waals surface area contributed by atoms with Crippen LogP contribution < -0.4 is 44.2 Å². The zero-order valence-corrected chi connectivity index (χ0v) is 24.4. The maximum atomic E-state index is 12.0. The number of nitrogens with zero attached hydrogens (tertiary/aromatic N) is 2. The molecule has 0 rings (SSSR count). The van der Waals surface area contributed by atoms with Gasteiger partial charge in [0.25, 0.3) is 0 Å². The molecule has 0 aliphatic carbocycles. The van der Waals surface area contributed by atoms with E-state index in [-0.39, 0.29) is 23.6 Å². The minimum atomic E-state index is -0.0449. The fourth-order valence-electron chi connectivity index (χ4n) is 3.93. The molecule has 0 fully saturated rings. The van der Waals surface area contributed by atoms with Gasteiger partial charge in [0.2, 0.25) is 23.6 Å². The van der Waals surface area contributed by atoms with Gasteiger partial charge in [0.05, 0.1) is 0 Å². The molecule has 12 N–H and O–H groups in total. The van der Waals surface area contributed by atoms with Crippen LogP contribution in [0.15, 0.2) is 0 Å². The number of nitrogens with one attached hydrogen (secondary N) is 4. The SMILES string of the molecule is NCCNC(=O)CCN(CCCCCCN(CCC(=O)NCCN)CCC(=O)NCCN)CCC(=O)NCCN. The average molecular weight is 573 g/mol. The minimum Gasteiger partial charge on any atom is -0.355 e. The Kier molecular flexibility index (Phi) is 25.3. The molecule has 0 aromatic rings. The Labute approximate surface area is 240 Å². The molecule has 14 heteroatoms. The van der Waals surface area contributed by atoms with Crippen molar-refractivity contribution in [2.75, 3.05) is 91.6 Å². The molecule has 0 spiro atoms. The van der Waals surface area contributed by atoms with Gasteiger partial charge in [0.15, 0.2) is 0 Å². The Balaban J connectivity index is 4.58. The first-order valence-electron chi connectivity index (χ1n) is 14.7. The van der Waals surface area contributed by atoms with E-state index in [1.165, 1.54) is 0 Å². The molecule has 0 aliphatic heterocycles. The van der Waals surface area contributed by atoms with Crippen molar-refractivity contribution >= 4 is 23.6 Å². The molecule has 14 nitrogen and oxygen atoms in total. The monoisotopic (exact) mass is 572 g/mol. The summed E-state index contributed by atoms with van der Waals surface area (Å²) in [4.78, 5) is 52.3. The molecule has 4 amide bonds. The van der Waals surface area contributed by atoms with Crippen LogP contribution in [0.25, 0.3) is 0 Å². The van der Waals surface area contributed by atoms with Gasteiger partial charge in [-0.05, 0) is 25.9 Å². The van der Waals surface area contributed by atoms with Gasteiger partial charge >= 0.3 is 0 Å². The number of hydrogen-bond donors (Lipinski definition) is 8. The van der Waals surface area contributed by atoms with Gasteiger partial charge < -0.3 is 54.0 Å². The third-order valence-electron chi connectivity index (χ3n) is 6.19. The van der Waals surface area contributed by atoms with Crippen LogP contribution in [-0.4, -0.2) is 125 Å². The summed E-state index contributed by atoms with van der Waals surface area (Å²) in [7, 11) is 0. The summed E-state index contributed by atoms with van der Waals surface area (Å²) in [6.07, 6.45) is 5.31. The molecule has 0 aromatic heterocycles. The van der Waals surface area contributed by atoms with Crippen LogP contribution in [-0.2, 0) is 19.2 Å². The highest BCUT2D eigenvalue weighted by atomic mass is 16.2. The first-order chi connectivity index (χ1) is 19.4. The fourth-order valence-corrected chi connectivity index (χ4v) is 3.93. The van der Waals surface area contributed by atoms with Gasteiger partial charge in [0.1, 0.15) is 0 Å². The second-order valence-corrected chi connectivity index (χ2v) is 9.65. The summed E-state index contributed by atoms with van der Waals surface area (Å²) >= 11 is 0. The van der Waals surface area contributed by atoms with E-state index >= 15 is 0 Å². The molecule has 0 heterocycles. The standard InChI is InChI=1S/C26H56N10O4/c27-9-13-31-23(37)5-19-35(20-6-24(38)32-14-10-28)17-3-1-2-4-18-36(21-7-25(39)33-15-11-29)22-8-26(40)34-16-12-30/h1-22,27-30H2,(H,31,37)(H,32,38)(H,33,39)(H,34,40). The molecule has 0 saturated carbocycles. The highest BCUT2D eigenvalue weighted by Crippen LogP contribution is 2.06. The molecule has 0 atom stereocenters. The smallest absolute Gasteiger partial charge is 0.221 e. The second-order valence-electron chi connectivity index (χ2n) is 9.65. The second kappa shape index (κ2) is 26.8. The molecular weight excluding hydrogens is 516 g/mol. The summed E-state index contributed by atoms with van der Waals surface area (Å²) in [6, 6.07) is 0. The van der Waals surface area contributed by atoms with E-state index in [1.54, 1.807) is 0 Å². The number of carbonyl (C=O) groups is 4. The van der Waals surface area contributed by atoms with Crippen molar-refractivity contribution in [1.82, 2.24) is 31.1 Å². The van der Waals surface area contributed by atoms with Crippen molar-refractivity contribution in [2.24, 2.45) is 22.9 Å². The van der Waals surface area contributed by atoms with E-state index in [1.807, 2.05) is 0 Å². The molecule has 0 aromatic carbocycles. The number of nitrogens with two attached hydrogens (primary N) is 4. The number of hydrogen-bond acceptors (Lipinski definition) is 10. The maximum Gasteiger partial charge on any atom is 0.221 e. The van der Waals surface area contributed by atoms with Crippen molar-refractivity contribution in [3.05, 3.63) is 0 Å². The molecule has 234 valence electrons. The lowest BCUT2D eigenvalue weighted by Crippen LogP contribution is -2.36. The van der Waals surface area contributed by atoms with E-state index in [0.717, 1.165) is 38.8 Å². The van der Waals surface area contributed by atoms with Gasteiger partial charge in [-0.2, -0.15) is 0 Å². The van der Waals surface area contributed by atoms with Gasteiger partial charge in [-0.1, -0.05) is 12.8 Å². The number of amides is 4. The normalized spacial score (nSPS) is 11.1. The predicted molar refractivity (Wildman–Crippen MR) is 158 cm³/mol. The van der Waals surface area contributed by atoms with Crippen LogP contribution in [0.1, 0.15) is 51.4 Å². The lowest BCUT2D eigenvalue weighted by atomic mass is 10.1. The average Bonchev–Trinajstić information content (AvgIpc) is 2.95. The van der Waals surface area contributed by atoms with Crippen LogP contribution in [0.5, 0.6) is 0 Å². The Morgan fingerprint density at radius 3 is 0.875 bits per heavy atom. The third kappa shape index (κ3) is 23.5. The predicted octanol–water partition coefficient (Wildman–Crippen LogP) is -2.99. The first kappa shape index (κ1) is 37.6. The molecule has 0 bridgehead atoms. The van der Waals surface area contributed by atoms with Crippen molar-refractivity contribution in [2.45, 2.75) is 51.4 Å². The van der Waals surface area contributed by atoms with E-state index in [4.69, 9.17) is 22.9 Å². The Bertz CT molecular complexity index is 580. The fraction of sp³-hybridized carbons (Fsp3) is 0.846. The Morgan fingerprint density at radius 1 is 0.400 bits per heavy atom. The van der Waals surface area contributed by atoms with Gasteiger partial charge in [-0.3, -0.25) is 19.2 Å². The van der Waals surface area contributed by atoms with Gasteiger partial charge in [0, 0.05) is 104 Å². The van der Waals surface area contributed by atoms with Gasteiger partial charge in [-0.15, -0.1) is 0 Å². The minimum absolute atomic E-state index is 0.0449. The number of rotatable bonds is 27. The van der Waals surface area contributed by atoms with E-state index in [0.29, 0.717) is 104 Å². The summed E-state index contributed by atoms with van der Waals surface area (Å²) in [5, 5.41) is 11.1. The molecule has 0 aliphatic rings. The maximum absolute atomic E-state index is 12.0. The molecule has 0 saturated heterocycles. The third-order valence-corrected chi connectivity index (χ3v) is 6.19. The quantitative estimate of drug-likeness (QED) is 0.0466. The summed E-state index contributed by atoms with van der Waals surface area (Å²) in [6.45, 7) is 7.30. The highest BCUT2D eigenvalue weighted by molar-refractivity contribution is 5.77. The van der Waals surface area contributed by atoms with E-state index < -0.39 is 0 Å². The van der Waals surface area contributed by atoms with Crippen LogP contribution >= 0.6 is 0 Å². The van der Waals surface area contributed by atoms with Crippen molar-refractivity contribution in [3.63, 3.8) is 0 Å². The lowest BCUT2D eigenvalue weighted by Gasteiger charge is -2.23. The first-order valence-corrected chi connectivity index (χ1v) is 14.7. The molecular formula is C26H56N10O4. The zero-order valence-electron chi connectivity index (χ0n) is 24.4. The van der Waals surface area contributed by atoms with Crippen LogP contribution in [0.2, 0.25) is 0 Å². The van der Waals surface area contributed by atoms with Crippen molar-refractivity contribution in [3.8, 4) is 0 Å². The zero-order chi connectivity index (χ0) is 29.8. The lowest BCUT2D eigenvalue weighted by molar-refractivity contribution is -0.123. The number of unbranched alkanes of at least 4 members (excludes halogenated alkanes) is 3.